The summed E-state index contributed by atoms with van der Waals surface area (Å²) in [6.07, 6.45) is -0.136. The minimum absolute atomic E-state index is 0.0328. The van der Waals surface area contributed by atoms with Crippen molar-refractivity contribution in [3.63, 3.8) is 0 Å². The highest BCUT2D eigenvalue weighted by molar-refractivity contribution is 7.99. The molecule has 2 heterocycles. The SMILES string of the molecule is COC(=O)Cc1cc(=O)[nH]c(SCC(=O)Nc2nc3ccc(F)cc3s2)n1. The van der Waals surface area contributed by atoms with Crippen LogP contribution in [0.4, 0.5) is 9.52 Å². The second-order valence-corrected chi connectivity index (χ2v) is 7.26. The van der Waals surface area contributed by atoms with Gasteiger partial charge in [0.2, 0.25) is 5.91 Å². The van der Waals surface area contributed by atoms with E-state index in [0.29, 0.717) is 15.3 Å². The van der Waals surface area contributed by atoms with E-state index in [1.807, 2.05) is 0 Å². The molecule has 0 unspecified atom stereocenters. The van der Waals surface area contributed by atoms with Crippen molar-refractivity contribution in [2.45, 2.75) is 11.6 Å². The molecule has 11 heteroatoms. The van der Waals surface area contributed by atoms with Crippen LogP contribution in [-0.2, 0) is 20.7 Å². The fraction of sp³-hybridized carbons (Fsp3) is 0.188. The zero-order valence-corrected chi connectivity index (χ0v) is 15.6. The first-order chi connectivity index (χ1) is 12.9. The number of nitrogens with one attached hydrogen (secondary N) is 2. The number of aromatic amines is 1. The van der Waals surface area contributed by atoms with Gasteiger partial charge in [-0.05, 0) is 18.2 Å². The Bertz CT molecular complexity index is 1070. The number of esters is 1. The van der Waals surface area contributed by atoms with Gasteiger partial charge in [0.1, 0.15) is 5.82 Å². The maximum atomic E-state index is 13.2. The lowest BCUT2D eigenvalue weighted by Crippen LogP contribution is -2.16. The highest BCUT2D eigenvalue weighted by atomic mass is 32.2. The molecule has 1 aromatic carbocycles. The molecule has 0 saturated carbocycles. The van der Waals surface area contributed by atoms with Gasteiger partial charge in [-0.3, -0.25) is 14.4 Å². The molecule has 8 nitrogen and oxygen atoms in total. The number of methoxy groups -OCH3 is 1. The van der Waals surface area contributed by atoms with E-state index in [-0.39, 0.29) is 34.7 Å². The number of aromatic nitrogens is 3. The van der Waals surface area contributed by atoms with E-state index in [9.17, 15) is 18.8 Å². The number of thiazole rings is 1. The Hall–Kier alpha value is -2.79. The molecule has 2 N–H and O–H groups in total. The first-order valence-electron chi connectivity index (χ1n) is 7.59. The number of halogens is 1. The average molecular weight is 408 g/mol. The summed E-state index contributed by atoms with van der Waals surface area (Å²) in [6, 6.07) is 5.38. The van der Waals surface area contributed by atoms with E-state index < -0.39 is 11.5 Å². The molecule has 0 aliphatic heterocycles. The summed E-state index contributed by atoms with van der Waals surface area (Å²) in [5.41, 5.74) is 0.410. The monoisotopic (exact) mass is 408 g/mol. The fourth-order valence-electron chi connectivity index (χ4n) is 2.10. The van der Waals surface area contributed by atoms with Gasteiger partial charge >= 0.3 is 5.97 Å². The third kappa shape index (κ3) is 5.11. The van der Waals surface area contributed by atoms with Crippen LogP contribution in [0.1, 0.15) is 5.69 Å². The predicted molar refractivity (Wildman–Crippen MR) is 99.5 cm³/mol. The summed E-state index contributed by atoms with van der Waals surface area (Å²) in [5, 5.41) is 3.18. The molecule has 0 bridgehead atoms. The summed E-state index contributed by atoms with van der Waals surface area (Å²) >= 11 is 2.16. The van der Waals surface area contributed by atoms with Crippen molar-refractivity contribution in [3.05, 3.63) is 46.1 Å². The summed E-state index contributed by atoms with van der Waals surface area (Å²) in [6.45, 7) is 0. The van der Waals surface area contributed by atoms with Crippen molar-refractivity contribution in [1.82, 2.24) is 15.0 Å². The van der Waals surface area contributed by atoms with E-state index in [4.69, 9.17) is 0 Å². The van der Waals surface area contributed by atoms with E-state index in [0.717, 1.165) is 23.1 Å². The molecule has 0 atom stereocenters. The Morgan fingerprint density at radius 1 is 1.33 bits per heavy atom. The van der Waals surface area contributed by atoms with E-state index >= 15 is 0 Å². The largest absolute Gasteiger partial charge is 0.469 e. The molecule has 3 rings (SSSR count). The summed E-state index contributed by atoms with van der Waals surface area (Å²) < 4.78 is 18.4. The average Bonchev–Trinajstić information content (AvgIpc) is 3.00. The minimum atomic E-state index is -0.519. The van der Waals surface area contributed by atoms with Crippen LogP contribution in [0.3, 0.4) is 0 Å². The van der Waals surface area contributed by atoms with Crippen molar-refractivity contribution in [2.75, 3.05) is 18.2 Å². The normalized spacial score (nSPS) is 10.7. The first kappa shape index (κ1) is 19.0. The minimum Gasteiger partial charge on any atom is -0.469 e. The molecule has 0 aliphatic carbocycles. The smallest absolute Gasteiger partial charge is 0.311 e. The van der Waals surface area contributed by atoms with Gasteiger partial charge in [-0.1, -0.05) is 23.1 Å². The number of ether oxygens (including phenoxy) is 1. The number of carbonyl (C=O) groups excluding carboxylic acids is 2. The highest BCUT2D eigenvalue weighted by Crippen LogP contribution is 2.26. The molecule has 140 valence electrons. The van der Waals surface area contributed by atoms with Gasteiger partial charge in [0.05, 0.1) is 35.2 Å². The van der Waals surface area contributed by atoms with Gasteiger partial charge in [-0.25, -0.2) is 14.4 Å². The third-order valence-corrected chi connectivity index (χ3v) is 5.07. The van der Waals surface area contributed by atoms with Gasteiger partial charge in [0, 0.05) is 6.07 Å². The number of hydrogen-bond acceptors (Lipinski definition) is 8. The number of thioether (sulfide) groups is 1. The number of carbonyl (C=O) groups is 2. The predicted octanol–water partition coefficient (Wildman–Crippen LogP) is 1.96. The summed E-state index contributed by atoms with van der Waals surface area (Å²) in [4.78, 5) is 45.8. The van der Waals surface area contributed by atoms with Gasteiger partial charge in [-0.15, -0.1) is 0 Å². The standard InChI is InChI=1S/C16H13FN4O4S2/c1-25-14(24)6-9-5-12(22)20-15(18-9)26-7-13(23)21-16-19-10-3-2-8(17)4-11(10)27-16/h2-5H,6-7H2,1H3,(H,18,20,22)(H,19,21,23). The first-order valence-corrected chi connectivity index (χ1v) is 9.39. The zero-order chi connectivity index (χ0) is 19.4. The van der Waals surface area contributed by atoms with Gasteiger partial charge < -0.3 is 15.0 Å². The number of H-pyrrole nitrogens is 1. The van der Waals surface area contributed by atoms with Crippen molar-refractivity contribution in [1.29, 1.82) is 0 Å². The Morgan fingerprint density at radius 2 is 2.15 bits per heavy atom. The van der Waals surface area contributed by atoms with E-state index in [2.05, 4.69) is 25.0 Å². The molecule has 27 heavy (non-hydrogen) atoms. The highest BCUT2D eigenvalue weighted by Gasteiger charge is 2.12. The Kier molecular flexibility index (Phi) is 5.81. The molecule has 0 radical (unpaired) electrons. The maximum absolute atomic E-state index is 13.2. The Labute approximate surface area is 160 Å². The topological polar surface area (TPSA) is 114 Å². The molecular weight excluding hydrogens is 395 g/mol. The van der Waals surface area contributed by atoms with Crippen molar-refractivity contribution in [3.8, 4) is 0 Å². The van der Waals surface area contributed by atoms with Crippen LogP contribution < -0.4 is 10.9 Å². The number of benzene rings is 1. The molecule has 0 fully saturated rings. The molecule has 0 spiro atoms. The molecule has 0 aliphatic rings. The van der Waals surface area contributed by atoms with E-state index in [1.165, 1.54) is 31.4 Å². The number of anilines is 1. The quantitative estimate of drug-likeness (QED) is 0.364. The lowest BCUT2D eigenvalue weighted by molar-refractivity contribution is -0.139. The number of hydrogen-bond donors (Lipinski definition) is 2. The molecule has 3 aromatic rings. The summed E-state index contributed by atoms with van der Waals surface area (Å²) in [7, 11) is 1.24. The van der Waals surface area contributed by atoms with Crippen LogP contribution in [-0.4, -0.2) is 39.7 Å². The number of amides is 1. The van der Waals surface area contributed by atoms with Crippen molar-refractivity contribution < 1.29 is 18.7 Å². The van der Waals surface area contributed by atoms with Crippen molar-refractivity contribution in [2.24, 2.45) is 0 Å². The van der Waals surface area contributed by atoms with Crippen LogP contribution in [0.2, 0.25) is 0 Å². The fourth-order valence-corrected chi connectivity index (χ4v) is 3.71. The van der Waals surface area contributed by atoms with Gasteiger partial charge in [0.25, 0.3) is 5.56 Å². The number of fused-ring (bicyclic) bond motifs is 1. The number of nitrogens with zero attached hydrogens (tertiary/aromatic N) is 2. The van der Waals surface area contributed by atoms with Crippen LogP contribution in [0.5, 0.6) is 0 Å². The Balaban J connectivity index is 1.62. The zero-order valence-electron chi connectivity index (χ0n) is 13.9. The van der Waals surface area contributed by atoms with Crippen LogP contribution >= 0.6 is 23.1 Å². The van der Waals surface area contributed by atoms with Crippen LogP contribution in [0.15, 0.2) is 34.2 Å². The molecule has 1 amide bonds. The summed E-state index contributed by atoms with van der Waals surface area (Å²) in [5.74, 6) is -1.29. The number of rotatable bonds is 6. The van der Waals surface area contributed by atoms with Crippen molar-refractivity contribution >= 4 is 50.3 Å². The van der Waals surface area contributed by atoms with Crippen LogP contribution in [0, 0.1) is 5.82 Å². The van der Waals surface area contributed by atoms with Gasteiger partial charge in [-0.2, -0.15) is 0 Å². The maximum Gasteiger partial charge on any atom is 0.311 e. The Morgan fingerprint density at radius 3 is 2.93 bits per heavy atom. The lowest BCUT2D eigenvalue weighted by atomic mass is 10.3. The lowest BCUT2D eigenvalue weighted by Gasteiger charge is -2.04. The van der Waals surface area contributed by atoms with E-state index in [1.54, 1.807) is 0 Å². The second-order valence-electron chi connectivity index (χ2n) is 5.26. The van der Waals surface area contributed by atoms with Gasteiger partial charge in [0.15, 0.2) is 10.3 Å². The molecule has 2 aromatic heterocycles. The third-order valence-electron chi connectivity index (χ3n) is 3.26. The second kappa shape index (κ2) is 8.27. The molecular formula is C16H13FN4O4S2. The van der Waals surface area contributed by atoms with Crippen LogP contribution in [0.25, 0.3) is 10.2 Å². The molecule has 0 saturated heterocycles.